The minimum absolute atomic E-state index is 0.0846. The SMILES string of the molecule is CC1c2oc3ccccc3c2C=C(c2nc(-c3cccc4c3sc3ccccc34)nc(-c3cccc4c3sc3ccccc34)n2)C1n1c2ccccc2c2cc3ccccc3cc21. The number of aromatic nitrogens is 4. The average molecular weight is 843 g/mol. The van der Waals surface area contributed by atoms with E-state index >= 15 is 0 Å². The van der Waals surface area contributed by atoms with E-state index in [2.05, 4.69) is 187 Å². The van der Waals surface area contributed by atoms with Crippen molar-refractivity contribution < 1.29 is 4.42 Å². The largest absolute Gasteiger partial charge is 0.460 e. The summed E-state index contributed by atoms with van der Waals surface area (Å²) in [5, 5.41) is 10.8. The Labute approximate surface area is 368 Å². The molecular weight excluding hydrogens is 809 g/mol. The molecule has 8 aromatic carbocycles. The second-order valence-corrected chi connectivity index (χ2v) is 18.8. The molecule has 1 aliphatic rings. The average Bonchev–Trinajstić information content (AvgIpc) is 4.10. The van der Waals surface area contributed by atoms with E-state index in [9.17, 15) is 0 Å². The van der Waals surface area contributed by atoms with Crippen molar-refractivity contribution >= 4 is 118 Å². The Kier molecular flexibility index (Phi) is 7.41. The molecule has 0 fully saturated rings. The predicted molar refractivity (Wildman–Crippen MR) is 265 cm³/mol. The third-order valence-electron chi connectivity index (χ3n) is 13.2. The smallest absolute Gasteiger partial charge is 0.165 e. The molecule has 7 heteroatoms. The van der Waals surface area contributed by atoms with Crippen molar-refractivity contribution in [2.45, 2.75) is 18.9 Å². The van der Waals surface area contributed by atoms with Gasteiger partial charge in [-0.1, -0.05) is 128 Å². The number of nitrogens with zero attached hydrogens (tertiary/aromatic N) is 4. The van der Waals surface area contributed by atoms with Gasteiger partial charge in [0.1, 0.15) is 11.3 Å². The fourth-order valence-electron chi connectivity index (χ4n) is 10.4. The lowest BCUT2D eigenvalue weighted by Gasteiger charge is -2.32. The molecule has 0 saturated carbocycles. The number of hydrogen-bond acceptors (Lipinski definition) is 6. The number of hydrogen-bond donors (Lipinski definition) is 0. The standard InChI is InChI=1S/C56H34N4OS2/c1-31-50(60-45-24-8-4-16-34(45)42-28-32-14-2-3-15-33(32)29-46(42)60)44(30-43-35-17-5-9-25-47(35)61-51(31)43)56-58-54(40-22-12-20-38-36-18-6-10-26-48(36)62-52(38)40)57-55(59-56)41-23-13-21-39-37-19-7-11-27-49(37)63-53(39)41/h2-31,50H,1H3. The highest BCUT2D eigenvalue weighted by atomic mass is 32.1. The van der Waals surface area contributed by atoms with E-state index in [-0.39, 0.29) is 12.0 Å². The normalized spacial score (nSPS) is 15.5. The van der Waals surface area contributed by atoms with Crippen molar-refractivity contribution in [1.29, 1.82) is 0 Å². The Hall–Kier alpha value is -7.45. The van der Waals surface area contributed by atoms with Crippen LogP contribution in [0.15, 0.2) is 174 Å². The molecule has 5 nitrogen and oxygen atoms in total. The molecule has 2 atom stereocenters. The van der Waals surface area contributed by atoms with E-state index in [0.29, 0.717) is 17.5 Å². The molecule has 0 aliphatic heterocycles. The summed E-state index contributed by atoms with van der Waals surface area (Å²) in [7, 11) is 0. The number of furan rings is 1. The molecular formula is C56H34N4OS2. The predicted octanol–water partition coefficient (Wildman–Crippen LogP) is 15.8. The molecule has 14 rings (SSSR count). The minimum atomic E-state index is -0.232. The number of thiophene rings is 2. The summed E-state index contributed by atoms with van der Waals surface area (Å²) in [4.78, 5) is 16.7. The van der Waals surface area contributed by atoms with Crippen LogP contribution in [0, 0.1) is 0 Å². The Morgan fingerprint density at radius 1 is 0.476 bits per heavy atom. The zero-order valence-corrected chi connectivity index (χ0v) is 35.5. The van der Waals surface area contributed by atoms with Gasteiger partial charge in [-0.05, 0) is 65.4 Å². The summed E-state index contributed by atoms with van der Waals surface area (Å²) in [5.74, 6) is 2.86. The molecule has 296 valence electrons. The Morgan fingerprint density at radius 2 is 1.02 bits per heavy atom. The fraction of sp³-hybridized carbons (Fsp3) is 0.0536. The number of rotatable bonds is 4. The van der Waals surface area contributed by atoms with Crippen LogP contribution >= 0.6 is 22.7 Å². The zero-order chi connectivity index (χ0) is 41.3. The summed E-state index contributed by atoms with van der Waals surface area (Å²) < 4.78 is 14.2. The van der Waals surface area contributed by atoms with Gasteiger partial charge in [0.15, 0.2) is 17.5 Å². The Balaban J connectivity index is 1.10. The highest BCUT2D eigenvalue weighted by Crippen LogP contribution is 2.52. The molecule has 5 aromatic heterocycles. The molecule has 0 spiro atoms. The van der Waals surface area contributed by atoms with Crippen molar-refractivity contribution in [3.05, 3.63) is 187 Å². The van der Waals surface area contributed by atoms with Crippen LogP contribution in [0.2, 0.25) is 0 Å². The van der Waals surface area contributed by atoms with Crippen LogP contribution in [0.5, 0.6) is 0 Å². The maximum atomic E-state index is 6.84. The Bertz CT molecular complexity index is 3960. The van der Waals surface area contributed by atoms with Crippen LogP contribution in [0.25, 0.3) is 118 Å². The fourth-order valence-corrected chi connectivity index (χ4v) is 12.8. The van der Waals surface area contributed by atoms with E-state index in [1.807, 2.05) is 0 Å². The molecule has 63 heavy (non-hydrogen) atoms. The van der Waals surface area contributed by atoms with Gasteiger partial charge in [0.25, 0.3) is 0 Å². The third kappa shape index (κ3) is 5.12. The summed E-state index contributed by atoms with van der Waals surface area (Å²) in [5.41, 5.74) is 7.30. The number of para-hydroxylation sites is 2. The summed E-state index contributed by atoms with van der Waals surface area (Å²) in [6, 6.07) is 60.7. The topological polar surface area (TPSA) is 56.7 Å². The first-order valence-electron chi connectivity index (χ1n) is 21.4. The molecule has 0 bridgehead atoms. The zero-order valence-electron chi connectivity index (χ0n) is 33.9. The highest BCUT2D eigenvalue weighted by Gasteiger charge is 2.38. The van der Waals surface area contributed by atoms with Crippen molar-refractivity contribution in [3.63, 3.8) is 0 Å². The molecule has 0 saturated heterocycles. The number of fused-ring (bicyclic) bond motifs is 13. The number of benzene rings is 8. The summed E-state index contributed by atoms with van der Waals surface area (Å²) in [6.45, 7) is 2.30. The van der Waals surface area contributed by atoms with Crippen LogP contribution in [0.1, 0.15) is 36.0 Å². The second-order valence-electron chi connectivity index (χ2n) is 16.7. The lowest BCUT2D eigenvalue weighted by Crippen LogP contribution is -2.22. The van der Waals surface area contributed by atoms with Gasteiger partial charge in [-0.2, -0.15) is 0 Å². The van der Waals surface area contributed by atoms with E-state index in [1.54, 1.807) is 22.7 Å². The molecule has 5 heterocycles. The first-order valence-corrected chi connectivity index (χ1v) is 23.0. The van der Waals surface area contributed by atoms with Gasteiger partial charge in [-0.25, -0.2) is 15.0 Å². The maximum Gasteiger partial charge on any atom is 0.165 e. The minimum Gasteiger partial charge on any atom is -0.460 e. The van der Waals surface area contributed by atoms with Gasteiger partial charge in [0, 0.05) is 90.2 Å². The van der Waals surface area contributed by atoms with Gasteiger partial charge in [0.05, 0.1) is 11.6 Å². The van der Waals surface area contributed by atoms with E-state index in [1.165, 1.54) is 61.9 Å². The highest BCUT2D eigenvalue weighted by molar-refractivity contribution is 7.26. The van der Waals surface area contributed by atoms with Crippen molar-refractivity contribution in [2.24, 2.45) is 0 Å². The summed E-state index contributed by atoms with van der Waals surface area (Å²) >= 11 is 3.60. The van der Waals surface area contributed by atoms with Gasteiger partial charge in [0.2, 0.25) is 0 Å². The maximum absolute atomic E-state index is 6.84. The monoisotopic (exact) mass is 842 g/mol. The van der Waals surface area contributed by atoms with E-state index in [4.69, 9.17) is 19.4 Å². The lowest BCUT2D eigenvalue weighted by atomic mass is 9.83. The molecule has 0 N–H and O–H groups in total. The lowest BCUT2D eigenvalue weighted by molar-refractivity contribution is 0.443. The quantitative estimate of drug-likeness (QED) is 0.177. The van der Waals surface area contributed by atoms with Crippen LogP contribution < -0.4 is 0 Å². The second kappa shape index (κ2) is 13.3. The summed E-state index contributed by atoms with van der Waals surface area (Å²) in [6.07, 6.45) is 2.32. The van der Waals surface area contributed by atoms with E-state index < -0.39 is 0 Å². The molecule has 2 unspecified atom stereocenters. The molecule has 0 amide bonds. The third-order valence-corrected chi connectivity index (χ3v) is 15.6. The first-order chi connectivity index (χ1) is 31.1. The van der Waals surface area contributed by atoms with Gasteiger partial charge in [-0.3, -0.25) is 0 Å². The van der Waals surface area contributed by atoms with Crippen molar-refractivity contribution in [1.82, 2.24) is 19.5 Å². The van der Waals surface area contributed by atoms with Crippen LogP contribution in [-0.2, 0) is 0 Å². The van der Waals surface area contributed by atoms with E-state index in [0.717, 1.165) is 50.0 Å². The first kappa shape index (κ1) is 35.2. The van der Waals surface area contributed by atoms with Gasteiger partial charge in [-0.15, -0.1) is 22.7 Å². The number of allylic oxidation sites excluding steroid dienone is 1. The van der Waals surface area contributed by atoms with Crippen molar-refractivity contribution in [3.8, 4) is 22.8 Å². The Morgan fingerprint density at radius 3 is 1.70 bits per heavy atom. The molecule has 0 radical (unpaired) electrons. The molecule has 13 aromatic rings. The van der Waals surface area contributed by atoms with Crippen LogP contribution in [-0.4, -0.2) is 19.5 Å². The van der Waals surface area contributed by atoms with Gasteiger partial charge >= 0.3 is 0 Å². The van der Waals surface area contributed by atoms with Crippen LogP contribution in [0.3, 0.4) is 0 Å². The van der Waals surface area contributed by atoms with Crippen LogP contribution in [0.4, 0.5) is 0 Å². The van der Waals surface area contributed by atoms with Gasteiger partial charge < -0.3 is 8.98 Å². The van der Waals surface area contributed by atoms with Crippen molar-refractivity contribution in [2.75, 3.05) is 0 Å². The molecule has 1 aliphatic carbocycles.